The number of amides is 1. The van der Waals surface area contributed by atoms with Crippen LogP contribution < -0.4 is 5.32 Å². The van der Waals surface area contributed by atoms with Gasteiger partial charge in [-0.25, -0.2) is 0 Å². The second-order valence-electron chi connectivity index (χ2n) is 6.97. The van der Waals surface area contributed by atoms with Crippen LogP contribution in [0, 0.1) is 0 Å². The van der Waals surface area contributed by atoms with Gasteiger partial charge >= 0.3 is 0 Å². The summed E-state index contributed by atoms with van der Waals surface area (Å²) in [6.45, 7) is 0.591. The molecule has 4 rings (SSSR count). The molecule has 1 amide bonds. The molecule has 4 heteroatoms. The average Bonchev–Trinajstić information content (AvgIpc) is 3.19. The Morgan fingerprint density at radius 2 is 1.48 bits per heavy atom. The third-order valence-corrected chi connectivity index (χ3v) is 4.98. The molecule has 2 N–H and O–H groups in total. The number of H-pyrrole nitrogens is 1. The minimum Gasteiger partial charge on any atom is -0.361 e. The number of fused-ring (bicyclic) bond motifs is 1. The second-order valence-corrected chi connectivity index (χ2v) is 6.97. The molecule has 0 radical (unpaired) electrons. The van der Waals surface area contributed by atoms with Crippen molar-refractivity contribution in [1.29, 1.82) is 0 Å². The van der Waals surface area contributed by atoms with E-state index in [4.69, 9.17) is 4.74 Å². The van der Waals surface area contributed by atoms with E-state index in [2.05, 4.69) is 22.4 Å². The topological polar surface area (TPSA) is 54.1 Å². The Kier molecular flexibility index (Phi) is 6.03. The van der Waals surface area contributed by atoms with Crippen molar-refractivity contribution in [3.05, 3.63) is 108 Å². The molecule has 0 atom stereocenters. The van der Waals surface area contributed by atoms with E-state index in [1.165, 1.54) is 10.9 Å². The minimum absolute atomic E-state index is 0.0162. The first-order valence-electron chi connectivity index (χ1n) is 9.84. The van der Waals surface area contributed by atoms with Gasteiger partial charge in [0.25, 0.3) is 0 Å². The first-order chi connectivity index (χ1) is 14.3. The summed E-state index contributed by atoms with van der Waals surface area (Å²) < 4.78 is 6.02. The average molecular weight is 384 g/mol. The summed E-state index contributed by atoms with van der Waals surface area (Å²) in [7, 11) is 0. The third-order valence-electron chi connectivity index (χ3n) is 4.98. The Hall–Kier alpha value is -3.37. The zero-order valence-corrected chi connectivity index (χ0v) is 16.2. The quantitative estimate of drug-likeness (QED) is 0.465. The summed E-state index contributed by atoms with van der Waals surface area (Å²) in [5.41, 5.74) is 4.38. The predicted octanol–water partition coefficient (Wildman–Crippen LogP) is 4.63. The number of ether oxygens (including phenoxy) is 1. The maximum Gasteiger partial charge on any atom is 0.246 e. The number of carbonyl (C=O) groups excluding carboxylic acids is 1. The van der Waals surface area contributed by atoms with Gasteiger partial charge in [-0.1, -0.05) is 78.9 Å². The molecule has 1 heterocycles. The standard InChI is InChI=1S/C25H24N2O2/c28-24(26-16-15-21-17-27-23-14-8-7-13-22(21)23)18-29-25(19-9-3-1-4-10-19)20-11-5-2-6-12-20/h1-14,17,25,27H,15-16,18H2,(H,26,28). The lowest BCUT2D eigenvalue weighted by molar-refractivity contribution is -0.127. The number of rotatable bonds is 8. The molecule has 0 unspecified atom stereocenters. The van der Waals surface area contributed by atoms with Crippen molar-refractivity contribution in [2.24, 2.45) is 0 Å². The van der Waals surface area contributed by atoms with Crippen LogP contribution in [0.25, 0.3) is 10.9 Å². The van der Waals surface area contributed by atoms with Gasteiger partial charge in [-0.2, -0.15) is 0 Å². The highest BCUT2D eigenvalue weighted by atomic mass is 16.5. The first-order valence-corrected chi connectivity index (χ1v) is 9.84. The highest BCUT2D eigenvalue weighted by molar-refractivity contribution is 5.83. The van der Waals surface area contributed by atoms with Crippen molar-refractivity contribution in [3.8, 4) is 0 Å². The number of nitrogens with one attached hydrogen (secondary N) is 2. The lowest BCUT2D eigenvalue weighted by Gasteiger charge is -2.18. The summed E-state index contributed by atoms with van der Waals surface area (Å²) in [6, 6.07) is 28.1. The van der Waals surface area contributed by atoms with E-state index >= 15 is 0 Å². The van der Waals surface area contributed by atoms with Crippen molar-refractivity contribution < 1.29 is 9.53 Å². The van der Waals surface area contributed by atoms with Crippen molar-refractivity contribution >= 4 is 16.8 Å². The Morgan fingerprint density at radius 3 is 2.17 bits per heavy atom. The predicted molar refractivity (Wildman–Crippen MR) is 116 cm³/mol. The number of aromatic amines is 1. The van der Waals surface area contributed by atoms with Crippen LogP contribution in [-0.4, -0.2) is 24.0 Å². The molecule has 29 heavy (non-hydrogen) atoms. The van der Waals surface area contributed by atoms with Gasteiger partial charge in [-0.3, -0.25) is 4.79 Å². The summed E-state index contributed by atoms with van der Waals surface area (Å²) in [6.07, 6.45) is 2.52. The second kappa shape index (κ2) is 9.22. The van der Waals surface area contributed by atoms with Gasteiger partial charge in [0, 0.05) is 23.6 Å². The molecule has 1 aromatic heterocycles. The van der Waals surface area contributed by atoms with Crippen LogP contribution in [0.3, 0.4) is 0 Å². The van der Waals surface area contributed by atoms with Crippen molar-refractivity contribution in [2.45, 2.75) is 12.5 Å². The van der Waals surface area contributed by atoms with Gasteiger partial charge in [-0.15, -0.1) is 0 Å². The molecule has 0 spiro atoms. The van der Waals surface area contributed by atoms with E-state index in [-0.39, 0.29) is 18.6 Å². The SMILES string of the molecule is O=C(COC(c1ccccc1)c1ccccc1)NCCc1c[nH]c2ccccc12. The van der Waals surface area contributed by atoms with Crippen LogP contribution in [-0.2, 0) is 16.0 Å². The largest absolute Gasteiger partial charge is 0.361 e. The van der Waals surface area contributed by atoms with Crippen molar-refractivity contribution in [1.82, 2.24) is 10.3 Å². The fourth-order valence-corrected chi connectivity index (χ4v) is 3.53. The molecule has 0 saturated heterocycles. The van der Waals surface area contributed by atoms with Crippen molar-refractivity contribution in [3.63, 3.8) is 0 Å². The Balaban J connectivity index is 1.33. The molecular formula is C25H24N2O2. The van der Waals surface area contributed by atoms with E-state index in [0.29, 0.717) is 6.54 Å². The maximum absolute atomic E-state index is 12.4. The molecule has 0 fully saturated rings. The monoisotopic (exact) mass is 384 g/mol. The van der Waals surface area contributed by atoms with Crippen LogP contribution in [0.2, 0.25) is 0 Å². The van der Waals surface area contributed by atoms with Gasteiger partial charge in [0.2, 0.25) is 5.91 Å². The lowest BCUT2D eigenvalue weighted by atomic mass is 10.0. The summed E-state index contributed by atoms with van der Waals surface area (Å²) in [5, 5.41) is 4.17. The molecule has 0 aliphatic rings. The maximum atomic E-state index is 12.4. The van der Waals surface area contributed by atoms with E-state index < -0.39 is 0 Å². The molecular weight excluding hydrogens is 360 g/mol. The van der Waals surface area contributed by atoms with E-state index in [0.717, 1.165) is 23.1 Å². The summed E-state index contributed by atoms with van der Waals surface area (Å²) >= 11 is 0. The molecule has 3 aromatic carbocycles. The molecule has 0 aliphatic carbocycles. The highest BCUT2D eigenvalue weighted by Gasteiger charge is 2.16. The molecule has 0 bridgehead atoms. The number of hydrogen-bond donors (Lipinski definition) is 2. The van der Waals surface area contributed by atoms with Gasteiger partial charge < -0.3 is 15.0 Å². The Morgan fingerprint density at radius 1 is 0.862 bits per heavy atom. The lowest BCUT2D eigenvalue weighted by Crippen LogP contribution is -2.30. The number of carbonyl (C=O) groups is 1. The Labute approximate surface area is 170 Å². The molecule has 0 aliphatic heterocycles. The number of aromatic nitrogens is 1. The number of para-hydroxylation sites is 1. The Bertz CT molecular complexity index is 1020. The first kappa shape index (κ1) is 19.0. The number of benzene rings is 3. The fraction of sp³-hybridized carbons (Fsp3) is 0.160. The smallest absolute Gasteiger partial charge is 0.246 e. The van der Waals surface area contributed by atoms with Gasteiger partial charge in [0.05, 0.1) is 0 Å². The zero-order valence-electron chi connectivity index (χ0n) is 16.2. The molecule has 0 saturated carbocycles. The van der Waals surface area contributed by atoms with Crippen LogP contribution in [0.15, 0.2) is 91.1 Å². The normalized spacial score (nSPS) is 11.1. The number of hydrogen-bond acceptors (Lipinski definition) is 2. The van der Waals surface area contributed by atoms with Crippen LogP contribution in [0.4, 0.5) is 0 Å². The summed E-state index contributed by atoms with van der Waals surface area (Å²) in [4.78, 5) is 15.6. The van der Waals surface area contributed by atoms with E-state index in [9.17, 15) is 4.79 Å². The third kappa shape index (κ3) is 4.73. The minimum atomic E-state index is -0.267. The highest BCUT2D eigenvalue weighted by Crippen LogP contribution is 2.25. The van der Waals surface area contributed by atoms with Gasteiger partial charge in [0.1, 0.15) is 12.7 Å². The van der Waals surface area contributed by atoms with Crippen LogP contribution in [0.1, 0.15) is 22.8 Å². The fourth-order valence-electron chi connectivity index (χ4n) is 3.53. The van der Waals surface area contributed by atoms with Crippen molar-refractivity contribution in [2.75, 3.05) is 13.2 Å². The zero-order chi connectivity index (χ0) is 19.9. The van der Waals surface area contributed by atoms with Gasteiger partial charge in [0.15, 0.2) is 0 Å². The van der Waals surface area contributed by atoms with Gasteiger partial charge in [-0.05, 0) is 29.2 Å². The molecule has 4 nitrogen and oxygen atoms in total. The van der Waals surface area contributed by atoms with E-state index in [1.807, 2.05) is 79.0 Å². The summed E-state index contributed by atoms with van der Waals surface area (Å²) in [5.74, 6) is -0.110. The van der Waals surface area contributed by atoms with Crippen LogP contribution >= 0.6 is 0 Å². The molecule has 146 valence electrons. The van der Waals surface area contributed by atoms with E-state index in [1.54, 1.807) is 0 Å². The van der Waals surface area contributed by atoms with Crippen LogP contribution in [0.5, 0.6) is 0 Å². The molecule has 4 aromatic rings.